The molecule has 55 heavy (non-hydrogen) atoms. The lowest BCUT2D eigenvalue weighted by Crippen LogP contribution is -2.58. The summed E-state index contributed by atoms with van der Waals surface area (Å²) in [5.41, 5.74) is 9.80. The molecule has 3 saturated heterocycles. The molecule has 0 bridgehead atoms. The average molecular weight is 735 g/mol. The van der Waals surface area contributed by atoms with Crippen molar-refractivity contribution in [2.45, 2.75) is 69.2 Å². The van der Waals surface area contributed by atoms with Crippen LogP contribution in [0.3, 0.4) is 0 Å². The maximum absolute atomic E-state index is 13.4. The van der Waals surface area contributed by atoms with E-state index in [1.165, 1.54) is 40.8 Å². The summed E-state index contributed by atoms with van der Waals surface area (Å²) in [5.74, 6) is -0.147. The third-order valence-electron chi connectivity index (χ3n) is 13.6. The lowest BCUT2D eigenvalue weighted by Gasteiger charge is -2.50. The number of amides is 4. The summed E-state index contributed by atoms with van der Waals surface area (Å²) < 4.78 is 0. The number of nitrogens with one attached hydrogen (secondary N) is 1. The second-order valence-corrected chi connectivity index (χ2v) is 17.1. The zero-order valence-corrected chi connectivity index (χ0v) is 31.0. The van der Waals surface area contributed by atoms with Crippen LogP contribution in [0.15, 0.2) is 84.9 Å². The fourth-order valence-electron chi connectivity index (χ4n) is 11.0. The van der Waals surface area contributed by atoms with Crippen LogP contribution in [-0.4, -0.2) is 77.3 Å². The fraction of sp³-hybridized carbons (Fsp3) is 0.391. The van der Waals surface area contributed by atoms with Crippen LogP contribution >= 0.6 is 0 Å². The predicted molar refractivity (Wildman–Crippen MR) is 208 cm³/mol. The number of fused-ring (bicyclic) bond motifs is 3. The number of hydrogen-bond donors (Lipinski definition) is 2. The number of rotatable bonds is 6. The Hall–Kier alpha value is -5.28. The monoisotopic (exact) mass is 734 g/mol. The van der Waals surface area contributed by atoms with Crippen molar-refractivity contribution < 1.29 is 24.3 Å². The largest absolute Gasteiger partial charge is 0.508 e. The van der Waals surface area contributed by atoms with E-state index in [1.807, 2.05) is 24.3 Å². The van der Waals surface area contributed by atoms with Crippen molar-refractivity contribution in [3.63, 3.8) is 0 Å². The van der Waals surface area contributed by atoms with Crippen LogP contribution in [0.25, 0.3) is 0 Å². The van der Waals surface area contributed by atoms with Crippen LogP contribution in [0.2, 0.25) is 0 Å². The van der Waals surface area contributed by atoms with Crippen molar-refractivity contribution in [3.05, 3.63) is 129 Å². The molecule has 1 unspecified atom stereocenters. The van der Waals surface area contributed by atoms with Crippen molar-refractivity contribution in [2.24, 2.45) is 11.3 Å². The summed E-state index contributed by atoms with van der Waals surface area (Å²) in [6, 6.07) is 28.9. The van der Waals surface area contributed by atoms with Gasteiger partial charge in [-0.15, -0.1) is 0 Å². The van der Waals surface area contributed by atoms with Crippen molar-refractivity contribution in [1.29, 1.82) is 0 Å². The van der Waals surface area contributed by atoms with E-state index in [0.29, 0.717) is 28.7 Å². The number of benzene rings is 4. The van der Waals surface area contributed by atoms with E-state index in [0.717, 1.165) is 74.4 Å². The minimum absolute atomic E-state index is 0.118. The van der Waals surface area contributed by atoms with Gasteiger partial charge >= 0.3 is 0 Å². The summed E-state index contributed by atoms with van der Waals surface area (Å²) in [6.45, 7) is 5.28. The second kappa shape index (κ2) is 13.2. The molecule has 4 amide bonds. The normalized spacial score (nSPS) is 24.8. The van der Waals surface area contributed by atoms with Crippen LogP contribution in [0.5, 0.6) is 5.75 Å². The van der Waals surface area contributed by atoms with Crippen molar-refractivity contribution in [3.8, 4) is 5.75 Å². The molecule has 1 spiro atoms. The van der Waals surface area contributed by atoms with Gasteiger partial charge in [-0.1, -0.05) is 48.5 Å². The first-order valence-corrected chi connectivity index (χ1v) is 20.0. The topological polar surface area (TPSA) is 110 Å². The highest BCUT2D eigenvalue weighted by molar-refractivity contribution is 6.23. The summed E-state index contributed by atoms with van der Waals surface area (Å²) in [6.07, 6.45) is 6.46. The summed E-state index contributed by atoms with van der Waals surface area (Å²) >= 11 is 0. The Kier molecular flexibility index (Phi) is 8.21. The van der Waals surface area contributed by atoms with E-state index in [4.69, 9.17) is 0 Å². The van der Waals surface area contributed by atoms with Gasteiger partial charge in [0.25, 0.3) is 11.8 Å². The Bertz CT molecular complexity index is 2170. The summed E-state index contributed by atoms with van der Waals surface area (Å²) in [4.78, 5) is 57.1. The first-order chi connectivity index (χ1) is 26.7. The van der Waals surface area contributed by atoms with E-state index in [2.05, 4.69) is 75.8 Å². The molecular formula is C46H46N4O5. The first kappa shape index (κ1) is 34.2. The van der Waals surface area contributed by atoms with Crippen LogP contribution in [0.4, 0.5) is 5.69 Å². The zero-order valence-electron chi connectivity index (χ0n) is 31.0. The number of hydrogen-bond acceptors (Lipinski definition) is 7. The summed E-state index contributed by atoms with van der Waals surface area (Å²) in [7, 11) is 0. The lowest BCUT2D eigenvalue weighted by molar-refractivity contribution is -0.136. The van der Waals surface area contributed by atoms with Crippen LogP contribution < -0.4 is 10.2 Å². The van der Waals surface area contributed by atoms with Gasteiger partial charge in [0.15, 0.2) is 0 Å². The highest BCUT2D eigenvalue weighted by atomic mass is 16.3. The Morgan fingerprint density at radius 1 is 0.709 bits per heavy atom. The maximum atomic E-state index is 13.4. The number of aryl methyl sites for hydroxylation is 1. The third kappa shape index (κ3) is 5.95. The number of likely N-dealkylation sites (tertiary alicyclic amines) is 1. The third-order valence-corrected chi connectivity index (χ3v) is 13.6. The van der Waals surface area contributed by atoms with Gasteiger partial charge in [0.1, 0.15) is 11.8 Å². The molecule has 0 saturated carbocycles. The minimum atomic E-state index is -0.935. The number of carbonyl (C=O) groups is 4. The Morgan fingerprint density at radius 2 is 1.40 bits per heavy atom. The predicted octanol–water partition coefficient (Wildman–Crippen LogP) is 5.97. The molecule has 3 fully saturated rings. The van der Waals surface area contributed by atoms with Gasteiger partial charge in [-0.05, 0) is 127 Å². The molecule has 4 aliphatic heterocycles. The molecule has 4 heterocycles. The quantitative estimate of drug-likeness (QED) is 0.235. The number of anilines is 1. The van der Waals surface area contributed by atoms with E-state index in [9.17, 15) is 24.3 Å². The molecule has 280 valence electrons. The number of imide groups is 2. The molecule has 0 radical (unpaired) electrons. The molecule has 2 N–H and O–H groups in total. The van der Waals surface area contributed by atoms with E-state index in [1.54, 1.807) is 0 Å². The molecule has 9 nitrogen and oxygen atoms in total. The van der Waals surface area contributed by atoms with Gasteiger partial charge < -0.3 is 14.9 Å². The number of piperidine rings is 2. The molecular weight excluding hydrogens is 689 g/mol. The molecule has 0 aromatic heterocycles. The molecule has 4 aromatic carbocycles. The second-order valence-electron chi connectivity index (χ2n) is 17.1. The molecule has 2 aliphatic carbocycles. The minimum Gasteiger partial charge on any atom is -0.508 e. The van der Waals surface area contributed by atoms with Gasteiger partial charge in [-0.25, -0.2) is 0 Å². The van der Waals surface area contributed by atoms with Crippen LogP contribution in [0.1, 0.15) is 98.0 Å². The van der Waals surface area contributed by atoms with Gasteiger partial charge in [-0.2, -0.15) is 0 Å². The van der Waals surface area contributed by atoms with Gasteiger partial charge in [0.2, 0.25) is 11.8 Å². The molecule has 3 atom stereocenters. The molecule has 9 heteroatoms. The van der Waals surface area contributed by atoms with Crippen molar-refractivity contribution >= 4 is 29.3 Å². The van der Waals surface area contributed by atoms with Crippen LogP contribution in [-0.2, 0) is 28.9 Å². The van der Waals surface area contributed by atoms with Crippen molar-refractivity contribution in [1.82, 2.24) is 15.1 Å². The lowest BCUT2D eigenvalue weighted by atomic mass is 9.69. The number of nitrogens with zero attached hydrogens (tertiary/aromatic N) is 3. The van der Waals surface area contributed by atoms with Gasteiger partial charge in [0, 0.05) is 56.2 Å². The molecule has 10 rings (SSSR count). The number of phenols is 1. The van der Waals surface area contributed by atoms with Gasteiger partial charge in [0.05, 0.1) is 11.1 Å². The first-order valence-electron chi connectivity index (χ1n) is 20.0. The van der Waals surface area contributed by atoms with E-state index in [-0.39, 0.29) is 30.1 Å². The highest BCUT2D eigenvalue weighted by Gasteiger charge is 2.50. The number of phenolic OH excluding ortho intramolecular Hbond substituents is 1. The summed E-state index contributed by atoms with van der Waals surface area (Å²) in [5, 5.41) is 12.5. The number of carbonyl (C=O) groups excluding carboxylic acids is 4. The van der Waals surface area contributed by atoms with Gasteiger partial charge in [-0.3, -0.25) is 29.4 Å². The average Bonchev–Trinajstić information content (AvgIpc) is 3.67. The number of aromatic hydroxyl groups is 1. The van der Waals surface area contributed by atoms with E-state index >= 15 is 0 Å². The molecule has 6 aliphatic rings. The maximum Gasteiger partial charge on any atom is 0.262 e. The molecule has 4 aromatic rings. The Morgan fingerprint density at radius 3 is 2.07 bits per heavy atom. The zero-order chi connectivity index (χ0) is 37.4. The highest BCUT2D eigenvalue weighted by Crippen LogP contribution is 2.48. The fourth-order valence-corrected chi connectivity index (χ4v) is 11.0. The SMILES string of the molecule is O=C1CCC(N2C(=O)c3cc4c(cc3C2=O)CC2(C4)CN(CC3CCN(c4ccc([C@@H]5c6ccc(O)cc6CC[C@@H]5c5ccccc5)cc4)CC3)C2)C(=O)N1. The van der Waals surface area contributed by atoms with Crippen molar-refractivity contribution in [2.75, 3.05) is 37.6 Å². The van der Waals surface area contributed by atoms with Crippen LogP contribution in [0, 0.1) is 11.3 Å². The smallest absolute Gasteiger partial charge is 0.262 e. The standard InChI is InChI=1S/C46H46N4O5/c51-35-11-13-37-31(20-35)8-12-36(29-4-2-1-3-5-29)42(37)30-6-9-34(10-7-30)49-18-16-28(17-19-49)25-48-26-46(27-48)23-32-21-38-39(22-33(32)24-46)45(55)50(44(38)54)40-14-15-41(52)47-43(40)53/h1-7,9-11,13,20-22,28,36,40,42,51H,8,12,14-19,23-27H2,(H,47,52,53)/t36-,40?,42+/m1/s1. The Labute approximate surface area is 321 Å². The Balaban J connectivity index is 0.747. The van der Waals surface area contributed by atoms with E-state index < -0.39 is 23.8 Å².